The van der Waals surface area contributed by atoms with Crippen molar-refractivity contribution in [2.75, 3.05) is 5.32 Å². The molecule has 2 atom stereocenters. The highest BCUT2D eigenvalue weighted by molar-refractivity contribution is 6.28. The molecular weight excluding hydrogens is 346 g/mol. The minimum absolute atomic E-state index is 0.263. The van der Waals surface area contributed by atoms with Crippen molar-refractivity contribution in [1.29, 1.82) is 0 Å². The molecule has 0 amide bonds. The first-order valence-electron chi connectivity index (χ1n) is 9.96. The molecule has 2 heterocycles. The molecule has 1 fully saturated rings. The summed E-state index contributed by atoms with van der Waals surface area (Å²) in [7, 11) is 0. The molecule has 140 valence electrons. The van der Waals surface area contributed by atoms with Crippen LogP contribution in [-0.2, 0) is 6.54 Å². The van der Waals surface area contributed by atoms with E-state index in [1.165, 1.54) is 38.5 Å². The van der Waals surface area contributed by atoms with Gasteiger partial charge in [0.15, 0.2) is 11.5 Å². The first-order valence-corrected chi connectivity index (χ1v) is 10.3. The zero-order valence-electron chi connectivity index (χ0n) is 15.7. The summed E-state index contributed by atoms with van der Waals surface area (Å²) in [5.74, 6) is 2.21. The van der Waals surface area contributed by atoms with Gasteiger partial charge < -0.3 is 9.88 Å². The number of allylic oxidation sites excluding steroid dienone is 2. The Labute approximate surface area is 160 Å². The van der Waals surface area contributed by atoms with Crippen LogP contribution < -0.4 is 5.32 Å². The standard InChI is InChI=1S/C20H28ClN5/c1-3-14-7-9-15(10-8-14)11-26-12-22-18-17(26)19(25-20(21)24-18)23-13(2)16-5-4-6-16/h7,12-13,15-16H,3-6,8-11H2,1-2H3,(H,23,24,25)/t13-,15?/m1/s1. The predicted molar refractivity (Wildman–Crippen MR) is 106 cm³/mol. The molecule has 4 rings (SSSR count). The lowest BCUT2D eigenvalue weighted by atomic mass is 9.80. The number of hydrogen-bond acceptors (Lipinski definition) is 4. The number of aromatic nitrogens is 4. The van der Waals surface area contributed by atoms with Gasteiger partial charge in [-0.1, -0.05) is 25.0 Å². The maximum Gasteiger partial charge on any atom is 0.226 e. The van der Waals surface area contributed by atoms with Gasteiger partial charge in [-0.05, 0) is 68.9 Å². The van der Waals surface area contributed by atoms with Gasteiger partial charge in [-0.25, -0.2) is 4.98 Å². The Morgan fingerprint density at radius 3 is 2.81 bits per heavy atom. The highest BCUT2D eigenvalue weighted by atomic mass is 35.5. The molecule has 2 aliphatic carbocycles. The zero-order valence-corrected chi connectivity index (χ0v) is 16.5. The number of anilines is 1. The van der Waals surface area contributed by atoms with Gasteiger partial charge in [-0.3, -0.25) is 0 Å². The highest BCUT2D eigenvalue weighted by Crippen LogP contribution is 2.33. The number of hydrogen-bond donors (Lipinski definition) is 1. The Morgan fingerprint density at radius 2 is 2.15 bits per heavy atom. The van der Waals surface area contributed by atoms with E-state index in [0.29, 0.717) is 17.6 Å². The van der Waals surface area contributed by atoms with Gasteiger partial charge in [0.2, 0.25) is 5.28 Å². The van der Waals surface area contributed by atoms with Gasteiger partial charge >= 0.3 is 0 Å². The van der Waals surface area contributed by atoms with Crippen LogP contribution in [0.2, 0.25) is 5.28 Å². The Morgan fingerprint density at radius 1 is 1.31 bits per heavy atom. The van der Waals surface area contributed by atoms with Crippen molar-refractivity contribution in [2.24, 2.45) is 11.8 Å². The molecule has 0 radical (unpaired) electrons. The summed E-state index contributed by atoms with van der Waals surface area (Å²) in [5, 5.41) is 3.86. The van der Waals surface area contributed by atoms with Gasteiger partial charge in [-0.2, -0.15) is 9.97 Å². The van der Waals surface area contributed by atoms with Crippen LogP contribution in [0.15, 0.2) is 18.0 Å². The average Bonchev–Trinajstić information content (AvgIpc) is 2.96. The molecule has 26 heavy (non-hydrogen) atoms. The Hall–Kier alpha value is -1.62. The second kappa shape index (κ2) is 7.55. The molecule has 2 aromatic heterocycles. The second-order valence-electron chi connectivity index (χ2n) is 7.89. The van der Waals surface area contributed by atoms with Gasteiger partial charge in [-0.15, -0.1) is 0 Å². The summed E-state index contributed by atoms with van der Waals surface area (Å²) in [5.41, 5.74) is 3.28. The molecule has 0 aromatic carbocycles. The third kappa shape index (κ3) is 3.59. The fraction of sp³-hybridized carbons (Fsp3) is 0.650. The Balaban J connectivity index is 1.58. The molecule has 1 saturated carbocycles. The first kappa shape index (κ1) is 17.8. The van der Waals surface area contributed by atoms with Crippen molar-refractivity contribution in [2.45, 2.75) is 71.4 Å². The van der Waals surface area contributed by atoms with E-state index in [1.54, 1.807) is 5.57 Å². The maximum atomic E-state index is 6.15. The number of fused-ring (bicyclic) bond motifs is 1. The van der Waals surface area contributed by atoms with Gasteiger partial charge in [0.1, 0.15) is 5.52 Å². The van der Waals surface area contributed by atoms with Crippen LogP contribution in [0, 0.1) is 11.8 Å². The molecule has 1 unspecified atom stereocenters. The number of rotatable bonds is 6. The van der Waals surface area contributed by atoms with Crippen LogP contribution in [-0.4, -0.2) is 25.6 Å². The summed E-state index contributed by atoms with van der Waals surface area (Å²) >= 11 is 6.15. The van der Waals surface area contributed by atoms with Crippen molar-refractivity contribution in [3.05, 3.63) is 23.3 Å². The van der Waals surface area contributed by atoms with Crippen LogP contribution in [0.3, 0.4) is 0 Å². The summed E-state index contributed by atoms with van der Waals surface area (Å²) < 4.78 is 2.22. The van der Waals surface area contributed by atoms with Gasteiger partial charge in [0.05, 0.1) is 6.33 Å². The molecule has 2 aromatic rings. The van der Waals surface area contributed by atoms with Gasteiger partial charge in [0, 0.05) is 12.6 Å². The summed E-state index contributed by atoms with van der Waals surface area (Å²) in [4.78, 5) is 13.3. The highest BCUT2D eigenvalue weighted by Gasteiger charge is 2.26. The quantitative estimate of drug-likeness (QED) is 0.557. The molecule has 6 heteroatoms. The van der Waals surface area contributed by atoms with Crippen molar-refractivity contribution in [3.63, 3.8) is 0 Å². The van der Waals surface area contributed by atoms with E-state index in [2.05, 4.69) is 44.8 Å². The molecule has 0 aliphatic heterocycles. The molecule has 1 N–H and O–H groups in total. The van der Waals surface area contributed by atoms with Crippen LogP contribution in [0.4, 0.5) is 5.82 Å². The topological polar surface area (TPSA) is 55.6 Å². The number of nitrogens with zero attached hydrogens (tertiary/aromatic N) is 4. The number of imidazole rings is 1. The monoisotopic (exact) mass is 373 g/mol. The van der Waals surface area contributed by atoms with E-state index in [9.17, 15) is 0 Å². The van der Waals surface area contributed by atoms with E-state index in [1.807, 2.05) is 6.33 Å². The molecule has 0 saturated heterocycles. The van der Waals surface area contributed by atoms with Crippen molar-refractivity contribution >= 4 is 28.6 Å². The fourth-order valence-electron chi connectivity index (χ4n) is 4.17. The minimum Gasteiger partial charge on any atom is -0.365 e. The molecular formula is C20H28ClN5. The van der Waals surface area contributed by atoms with E-state index >= 15 is 0 Å². The van der Waals surface area contributed by atoms with Gasteiger partial charge in [0.25, 0.3) is 0 Å². The second-order valence-corrected chi connectivity index (χ2v) is 8.23. The molecule has 0 spiro atoms. The lowest BCUT2D eigenvalue weighted by molar-refractivity contribution is 0.285. The van der Waals surface area contributed by atoms with Crippen molar-refractivity contribution < 1.29 is 0 Å². The van der Waals surface area contributed by atoms with E-state index in [0.717, 1.165) is 30.2 Å². The van der Waals surface area contributed by atoms with Crippen molar-refractivity contribution in [3.8, 4) is 0 Å². The summed E-state index contributed by atoms with van der Waals surface area (Å²) in [6.07, 6.45) is 13.1. The van der Waals surface area contributed by atoms with Crippen molar-refractivity contribution in [1.82, 2.24) is 19.5 Å². The molecule has 2 aliphatic rings. The van der Waals surface area contributed by atoms with E-state index < -0.39 is 0 Å². The SMILES string of the molecule is CCC1=CCC(Cn2cnc3nc(Cl)nc(N[C@H](C)C4CCC4)c32)CC1. The van der Waals surface area contributed by atoms with Crippen LogP contribution >= 0.6 is 11.6 Å². The van der Waals surface area contributed by atoms with E-state index in [-0.39, 0.29) is 5.28 Å². The summed E-state index contributed by atoms with van der Waals surface area (Å²) in [6.45, 7) is 5.45. The normalized spacial score (nSPS) is 22.1. The lowest BCUT2D eigenvalue weighted by Gasteiger charge is -2.32. The average molecular weight is 374 g/mol. The van der Waals surface area contributed by atoms with Crippen LogP contribution in [0.5, 0.6) is 0 Å². The fourth-order valence-corrected chi connectivity index (χ4v) is 4.34. The summed E-state index contributed by atoms with van der Waals surface area (Å²) in [6, 6.07) is 0.394. The lowest BCUT2D eigenvalue weighted by Crippen LogP contribution is -2.31. The maximum absolute atomic E-state index is 6.15. The molecule has 0 bridgehead atoms. The zero-order chi connectivity index (χ0) is 18.1. The number of halogens is 1. The third-order valence-corrected chi connectivity index (χ3v) is 6.36. The molecule has 5 nitrogen and oxygen atoms in total. The third-order valence-electron chi connectivity index (χ3n) is 6.19. The predicted octanol–water partition coefficient (Wildman–Crippen LogP) is 5.22. The largest absolute Gasteiger partial charge is 0.365 e. The van der Waals surface area contributed by atoms with E-state index in [4.69, 9.17) is 11.6 Å². The smallest absolute Gasteiger partial charge is 0.226 e. The van der Waals surface area contributed by atoms with Crippen LogP contribution in [0.25, 0.3) is 11.2 Å². The minimum atomic E-state index is 0.263. The Bertz CT molecular complexity index is 808. The van der Waals surface area contributed by atoms with Crippen LogP contribution in [0.1, 0.15) is 58.8 Å². The Kier molecular flexibility index (Phi) is 5.16. The first-order chi connectivity index (χ1) is 12.6. The number of nitrogens with one attached hydrogen (secondary N) is 1.